The van der Waals surface area contributed by atoms with Crippen molar-refractivity contribution in [3.63, 3.8) is 0 Å². The summed E-state index contributed by atoms with van der Waals surface area (Å²) in [5.74, 6) is -1.17. The minimum Gasteiger partial charge on any atom is -0.480 e. The average Bonchev–Trinajstić information content (AvgIpc) is 2.56. The lowest BCUT2D eigenvalue weighted by atomic mass is 10.4. The largest absolute Gasteiger partial charge is 0.480 e. The second-order valence-corrected chi connectivity index (χ2v) is 3.17. The average molecular weight is 228 g/mol. The molecule has 0 amide bonds. The predicted octanol–water partition coefficient (Wildman–Crippen LogP) is 0.239. The van der Waals surface area contributed by atoms with Gasteiger partial charge in [-0.05, 0) is 16.8 Å². The molecule has 0 aliphatic carbocycles. The Morgan fingerprint density at radius 1 is 1.75 bits per heavy atom. The molecule has 1 heterocycles. The number of carboxylic acid groups (broad SMARTS) is 1. The van der Waals surface area contributed by atoms with Crippen LogP contribution in [0.1, 0.15) is 6.92 Å². The third-order valence-corrected chi connectivity index (χ3v) is 2.07. The Labute approximate surface area is 91.3 Å². The molecule has 0 aromatic carbocycles. The van der Waals surface area contributed by atoms with Crippen LogP contribution < -0.4 is 4.90 Å². The van der Waals surface area contributed by atoms with Crippen LogP contribution in [0.2, 0.25) is 0 Å². The Morgan fingerprint density at radius 2 is 2.38 bits per heavy atom. The summed E-state index contributed by atoms with van der Waals surface area (Å²) >= 11 is 0. The summed E-state index contributed by atoms with van der Waals surface area (Å²) in [7, 11) is 1.58. The van der Waals surface area contributed by atoms with E-state index in [9.17, 15) is 14.9 Å². The lowest BCUT2D eigenvalue weighted by Gasteiger charge is -2.19. The summed E-state index contributed by atoms with van der Waals surface area (Å²) in [5.41, 5.74) is 0. The number of aliphatic carboxylic acids is 1. The van der Waals surface area contributed by atoms with E-state index >= 15 is 0 Å². The number of nitrogens with zero attached hydrogens (tertiary/aromatic N) is 4. The van der Waals surface area contributed by atoms with E-state index in [-0.39, 0.29) is 18.2 Å². The molecule has 1 N–H and O–H groups in total. The molecule has 0 unspecified atom stereocenters. The van der Waals surface area contributed by atoms with Crippen molar-refractivity contribution in [1.29, 1.82) is 0 Å². The smallest absolute Gasteiger partial charge is 0.406 e. The number of nitro groups is 1. The van der Waals surface area contributed by atoms with Gasteiger partial charge < -0.3 is 20.1 Å². The predicted molar refractivity (Wildman–Crippen MR) is 55.4 cm³/mol. The van der Waals surface area contributed by atoms with Gasteiger partial charge >= 0.3 is 11.8 Å². The first-order chi connectivity index (χ1) is 7.47. The van der Waals surface area contributed by atoms with E-state index in [0.29, 0.717) is 6.54 Å². The maximum Gasteiger partial charge on any atom is 0.406 e. The molecular weight excluding hydrogens is 216 g/mol. The summed E-state index contributed by atoms with van der Waals surface area (Å²) in [5, 5.41) is 19.4. The minimum atomic E-state index is -1.04. The molecule has 0 aliphatic rings. The number of hydrogen-bond donors (Lipinski definition) is 1. The Kier molecular flexibility index (Phi) is 3.44. The number of carboxylic acids is 1. The first kappa shape index (κ1) is 12.0. The molecule has 1 aromatic rings. The second-order valence-electron chi connectivity index (χ2n) is 3.17. The number of hydrogen-bond acceptors (Lipinski definition) is 5. The van der Waals surface area contributed by atoms with E-state index in [1.165, 1.54) is 15.8 Å². The summed E-state index contributed by atoms with van der Waals surface area (Å²) in [6.45, 7) is 1.78. The molecule has 0 spiro atoms. The van der Waals surface area contributed by atoms with E-state index in [4.69, 9.17) is 5.11 Å². The molecule has 0 bridgehead atoms. The molecule has 0 fully saturated rings. The molecule has 88 valence electrons. The number of imidazole rings is 1. The molecule has 1 rings (SSSR count). The fraction of sp³-hybridized carbons (Fsp3) is 0.500. The SMILES string of the molecule is CCN(CC(=O)O)c1c([N+](=O)[O-])ncn1C. The maximum atomic E-state index is 10.7. The van der Waals surface area contributed by atoms with E-state index in [2.05, 4.69) is 4.98 Å². The highest BCUT2D eigenvalue weighted by Gasteiger charge is 2.25. The molecule has 0 saturated heterocycles. The number of carbonyl (C=O) groups is 1. The van der Waals surface area contributed by atoms with Crippen molar-refractivity contribution in [3.05, 3.63) is 16.4 Å². The Bertz CT molecular complexity index is 414. The van der Waals surface area contributed by atoms with Crippen molar-refractivity contribution in [2.45, 2.75) is 6.92 Å². The summed E-state index contributed by atoms with van der Waals surface area (Å²) < 4.78 is 1.44. The number of aryl methyl sites for hydroxylation is 1. The standard InChI is InChI=1S/C8H12N4O4/c1-3-11(4-6(13)14)8-7(12(15)16)9-5-10(8)2/h5H,3-4H2,1-2H3,(H,13,14). The van der Waals surface area contributed by atoms with Gasteiger partial charge in [0.05, 0.1) is 0 Å². The van der Waals surface area contributed by atoms with Gasteiger partial charge in [-0.25, -0.2) is 0 Å². The molecule has 16 heavy (non-hydrogen) atoms. The van der Waals surface area contributed by atoms with E-state index < -0.39 is 10.9 Å². The number of likely N-dealkylation sites (N-methyl/N-ethyl adjacent to an activating group) is 1. The fourth-order valence-electron chi connectivity index (χ4n) is 1.40. The van der Waals surface area contributed by atoms with Crippen LogP contribution in [0.15, 0.2) is 6.33 Å². The molecule has 0 saturated carbocycles. The summed E-state index contributed by atoms with van der Waals surface area (Å²) in [6.07, 6.45) is 1.29. The highest BCUT2D eigenvalue weighted by molar-refractivity contribution is 5.74. The van der Waals surface area contributed by atoms with E-state index in [0.717, 1.165) is 0 Å². The van der Waals surface area contributed by atoms with Gasteiger partial charge in [0.1, 0.15) is 6.54 Å². The van der Waals surface area contributed by atoms with Crippen LogP contribution >= 0.6 is 0 Å². The highest BCUT2D eigenvalue weighted by atomic mass is 16.6. The van der Waals surface area contributed by atoms with Gasteiger partial charge in [-0.15, -0.1) is 0 Å². The van der Waals surface area contributed by atoms with Gasteiger partial charge in [0.25, 0.3) is 0 Å². The third-order valence-electron chi connectivity index (χ3n) is 2.07. The Balaban J connectivity index is 3.12. The summed E-state index contributed by atoms with van der Waals surface area (Å²) in [4.78, 5) is 25.7. The number of aromatic nitrogens is 2. The van der Waals surface area contributed by atoms with Crippen molar-refractivity contribution in [2.24, 2.45) is 7.05 Å². The van der Waals surface area contributed by atoms with Gasteiger partial charge in [-0.2, -0.15) is 0 Å². The molecule has 0 atom stereocenters. The number of anilines is 1. The van der Waals surface area contributed by atoms with Crippen molar-refractivity contribution >= 4 is 17.6 Å². The van der Waals surface area contributed by atoms with Crippen LogP contribution in [0, 0.1) is 10.1 Å². The highest BCUT2D eigenvalue weighted by Crippen LogP contribution is 2.25. The van der Waals surface area contributed by atoms with Crippen LogP contribution in [-0.4, -0.2) is 38.6 Å². The van der Waals surface area contributed by atoms with Crippen LogP contribution in [0.4, 0.5) is 11.6 Å². The molecule has 0 aliphatic heterocycles. The fourth-order valence-corrected chi connectivity index (χ4v) is 1.40. The molecule has 8 nitrogen and oxygen atoms in total. The topological polar surface area (TPSA) is 102 Å². The zero-order chi connectivity index (χ0) is 12.3. The normalized spacial score (nSPS) is 10.1. The van der Waals surface area contributed by atoms with Crippen LogP contribution in [-0.2, 0) is 11.8 Å². The van der Waals surface area contributed by atoms with Gasteiger partial charge in [0, 0.05) is 13.6 Å². The van der Waals surface area contributed by atoms with Crippen LogP contribution in [0.3, 0.4) is 0 Å². The van der Waals surface area contributed by atoms with Crippen LogP contribution in [0.5, 0.6) is 0 Å². The quantitative estimate of drug-likeness (QED) is 0.572. The monoisotopic (exact) mass is 228 g/mol. The van der Waals surface area contributed by atoms with Gasteiger partial charge in [0.15, 0.2) is 0 Å². The molecule has 1 aromatic heterocycles. The lowest BCUT2D eigenvalue weighted by molar-refractivity contribution is -0.388. The zero-order valence-electron chi connectivity index (χ0n) is 8.95. The maximum absolute atomic E-state index is 10.7. The lowest BCUT2D eigenvalue weighted by Crippen LogP contribution is -2.31. The minimum absolute atomic E-state index is 0.204. The molecule has 8 heteroatoms. The van der Waals surface area contributed by atoms with Crippen molar-refractivity contribution < 1.29 is 14.8 Å². The first-order valence-corrected chi connectivity index (χ1v) is 4.59. The first-order valence-electron chi connectivity index (χ1n) is 4.59. The third kappa shape index (κ3) is 2.27. The Hall–Kier alpha value is -2.12. The zero-order valence-corrected chi connectivity index (χ0v) is 8.95. The van der Waals surface area contributed by atoms with Crippen molar-refractivity contribution in [1.82, 2.24) is 9.55 Å². The second kappa shape index (κ2) is 4.60. The summed E-state index contributed by atoms with van der Waals surface area (Å²) in [6, 6.07) is 0. The number of rotatable bonds is 5. The van der Waals surface area contributed by atoms with Gasteiger partial charge in [0.2, 0.25) is 12.1 Å². The van der Waals surface area contributed by atoms with Gasteiger partial charge in [-0.1, -0.05) is 0 Å². The van der Waals surface area contributed by atoms with Crippen LogP contribution in [0.25, 0.3) is 0 Å². The Morgan fingerprint density at radius 3 is 2.81 bits per heavy atom. The molecular formula is C8H12N4O4. The van der Waals surface area contributed by atoms with E-state index in [1.54, 1.807) is 14.0 Å². The van der Waals surface area contributed by atoms with E-state index in [1.807, 2.05) is 0 Å². The van der Waals surface area contributed by atoms with Crippen molar-refractivity contribution in [3.8, 4) is 0 Å². The molecule has 0 radical (unpaired) electrons. The van der Waals surface area contributed by atoms with Crippen molar-refractivity contribution in [2.75, 3.05) is 18.0 Å². The van der Waals surface area contributed by atoms with Gasteiger partial charge in [-0.3, -0.25) is 9.36 Å².